The largest absolute Gasteiger partial charge is 0.416 e. The van der Waals surface area contributed by atoms with Crippen LogP contribution in [0.3, 0.4) is 0 Å². The highest BCUT2D eigenvalue weighted by molar-refractivity contribution is 6.10. The Morgan fingerprint density at radius 3 is 2.13 bits per heavy atom. The zero-order valence-corrected chi connectivity index (χ0v) is 17.4. The van der Waals surface area contributed by atoms with E-state index in [0.29, 0.717) is 11.8 Å². The van der Waals surface area contributed by atoms with Crippen LogP contribution in [0.5, 0.6) is 0 Å². The molecule has 5 rings (SSSR count). The van der Waals surface area contributed by atoms with Gasteiger partial charge in [-0.1, -0.05) is 57.7 Å². The van der Waals surface area contributed by atoms with Gasteiger partial charge in [-0.3, -0.25) is 0 Å². The van der Waals surface area contributed by atoms with Gasteiger partial charge in [0.25, 0.3) is 0 Å². The molecule has 148 valence electrons. The summed E-state index contributed by atoms with van der Waals surface area (Å²) in [6.45, 7) is 10.6. The number of rotatable bonds is 3. The maximum Gasteiger partial charge on any atom is 0.248 e. The van der Waals surface area contributed by atoms with Crippen LogP contribution in [0.4, 0.5) is 0 Å². The topological polar surface area (TPSA) is 43.9 Å². The van der Waals surface area contributed by atoms with E-state index in [1.165, 1.54) is 10.9 Å². The highest BCUT2D eigenvalue weighted by atomic mass is 16.4. The summed E-state index contributed by atoms with van der Waals surface area (Å²) in [5, 5.41) is 10.9. The molecule has 5 aromatic rings. The fourth-order valence-corrected chi connectivity index (χ4v) is 3.90. The van der Waals surface area contributed by atoms with Crippen LogP contribution in [0.2, 0.25) is 0 Å². The van der Waals surface area contributed by atoms with Crippen molar-refractivity contribution < 1.29 is 4.42 Å². The molecule has 3 aromatic carbocycles. The van der Waals surface area contributed by atoms with E-state index >= 15 is 0 Å². The second-order valence-corrected chi connectivity index (χ2v) is 8.54. The average molecular weight is 393 g/mol. The first-order valence-electron chi connectivity index (χ1n) is 10.1. The van der Waals surface area contributed by atoms with Gasteiger partial charge in [-0.15, -0.1) is 10.2 Å². The number of fused-ring (bicyclic) bond motifs is 3. The van der Waals surface area contributed by atoms with Crippen LogP contribution < -0.4 is 0 Å². The molecule has 0 saturated heterocycles. The van der Waals surface area contributed by atoms with Crippen molar-refractivity contribution in [3.63, 3.8) is 0 Å². The molecule has 0 aliphatic rings. The van der Waals surface area contributed by atoms with Gasteiger partial charge in [0.05, 0.1) is 11.0 Å². The summed E-state index contributed by atoms with van der Waals surface area (Å²) >= 11 is 0. The molecule has 0 aliphatic carbocycles. The highest BCUT2D eigenvalue weighted by Gasteiger charge is 2.16. The third-order valence-electron chi connectivity index (χ3n) is 5.56. The number of benzene rings is 3. The number of aromatic nitrogens is 3. The van der Waals surface area contributed by atoms with Crippen LogP contribution in [-0.2, 0) is 5.41 Å². The van der Waals surface area contributed by atoms with Crippen molar-refractivity contribution >= 4 is 28.0 Å². The molecule has 0 atom stereocenters. The summed E-state index contributed by atoms with van der Waals surface area (Å²) in [5.41, 5.74) is 5.44. The normalized spacial score (nSPS) is 12.0. The van der Waals surface area contributed by atoms with E-state index in [2.05, 4.69) is 78.5 Å². The Bertz CT molecular complexity index is 1380. The molecule has 0 aliphatic heterocycles. The molecule has 0 radical (unpaired) electrons. The molecule has 0 fully saturated rings. The molecule has 4 nitrogen and oxygen atoms in total. The molecule has 2 heterocycles. The molecular weight excluding hydrogens is 370 g/mol. The van der Waals surface area contributed by atoms with Crippen molar-refractivity contribution in [2.45, 2.75) is 26.2 Å². The van der Waals surface area contributed by atoms with Gasteiger partial charge in [-0.05, 0) is 47.4 Å². The third kappa shape index (κ3) is 2.92. The first-order chi connectivity index (χ1) is 14.5. The zero-order chi connectivity index (χ0) is 20.9. The predicted molar refractivity (Wildman–Crippen MR) is 123 cm³/mol. The van der Waals surface area contributed by atoms with Crippen LogP contribution in [0, 0.1) is 0 Å². The van der Waals surface area contributed by atoms with E-state index in [1.54, 1.807) is 0 Å². The lowest BCUT2D eigenvalue weighted by Gasteiger charge is -2.18. The molecular formula is C26H23N3O. The summed E-state index contributed by atoms with van der Waals surface area (Å²) < 4.78 is 8.13. The van der Waals surface area contributed by atoms with E-state index < -0.39 is 0 Å². The summed E-state index contributed by atoms with van der Waals surface area (Å²) in [5.74, 6) is 1.04. The first-order valence-corrected chi connectivity index (χ1v) is 10.1. The Morgan fingerprint density at radius 1 is 0.800 bits per heavy atom. The summed E-state index contributed by atoms with van der Waals surface area (Å²) in [6.07, 6.45) is 1.84. The maximum absolute atomic E-state index is 6.03. The Hall–Kier alpha value is -3.66. The predicted octanol–water partition coefficient (Wildman–Crippen LogP) is 6.91. The lowest BCUT2D eigenvalue weighted by atomic mass is 9.87. The molecule has 2 aromatic heterocycles. The fourth-order valence-electron chi connectivity index (χ4n) is 3.90. The Labute approximate surface area is 175 Å². The van der Waals surface area contributed by atoms with Crippen LogP contribution in [0.1, 0.15) is 26.3 Å². The van der Waals surface area contributed by atoms with Gasteiger partial charge in [0.15, 0.2) is 0 Å². The maximum atomic E-state index is 6.03. The zero-order valence-electron chi connectivity index (χ0n) is 17.4. The molecule has 0 N–H and O–H groups in total. The van der Waals surface area contributed by atoms with Crippen molar-refractivity contribution in [3.05, 3.63) is 78.9 Å². The fraction of sp³-hybridized carbons (Fsp3) is 0.154. The molecule has 0 unspecified atom stereocenters. The van der Waals surface area contributed by atoms with Crippen LogP contribution in [0.15, 0.2) is 77.7 Å². The Kier molecular flexibility index (Phi) is 4.10. The Balaban J connectivity index is 1.56. The van der Waals surface area contributed by atoms with E-state index in [4.69, 9.17) is 4.42 Å². The minimum Gasteiger partial charge on any atom is -0.416 e. The van der Waals surface area contributed by atoms with Gasteiger partial charge in [-0.25, -0.2) is 0 Å². The van der Waals surface area contributed by atoms with Gasteiger partial charge < -0.3 is 8.98 Å². The van der Waals surface area contributed by atoms with Crippen molar-refractivity contribution in [2.24, 2.45) is 0 Å². The number of hydrogen-bond donors (Lipinski definition) is 0. The first kappa shape index (κ1) is 18.4. The van der Waals surface area contributed by atoms with Gasteiger partial charge in [0.1, 0.15) is 0 Å². The van der Waals surface area contributed by atoms with Crippen molar-refractivity contribution in [1.82, 2.24) is 14.8 Å². The summed E-state index contributed by atoms with van der Waals surface area (Å²) in [4.78, 5) is 0. The SMILES string of the molecule is C=Cn1c2ccccc2c2cc(-c3nnc(-c4ccc(C(C)(C)C)cc4)o3)ccc21. The summed E-state index contributed by atoms with van der Waals surface area (Å²) in [6, 6.07) is 22.8. The lowest BCUT2D eigenvalue weighted by molar-refractivity contribution is 0.582. The van der Waals surface area contributed by atoms with Crippen LogP contribution in [-0.4, -0.2) is 14.8 Å². The van der Waals surface area contributed by atoms with E-state index in [9.17, 15) is 0 Å². The quantitative estimate of drug-likeness (QED) is 0.334. The van der Waals surface area contributed by atoms with E-state index in [1.807, 2.05) is 36.5 Å². The minimum atomic E-state index is 0.110. The number of hydrogen-bond acceptors (Lipinski definition) is 3. The van der Waals surface area contributed by atoms with Gasteiger partial charge >= 0.3 is 0 Å². The number of nitrogens with zero attached hydrogens (tertiary/aromatic N) is 3. The molecule has 0 saturated carbocycles. The molecule has 4 heteroatoms. The molecule has 0 amide bonds. The third-order valence-corrected chi connectivity index (χ3v) is 5.56. The van der Waals surface area contributed by atoms with Crippen molar-refractivity contribution in [3.8, 4) is 22.9 Å². The smallest absolute Gasteiger partial charge is 0.248 e. The average Bonchev–Trinajstić information content (AvgIpc) is 3.36. The van der Waals surface area contributed by atoms with Crippen LogP contribution >= 0.6 is 0 Å². The van der Waals surface area contributed by atoms with Crippen LogP contribution in [0.25, 0.3) is 50.9 Å². The molecule has 30 heavy (non-hydrogen) atoms. The molecule has 0 bridgehead atoms. The van der Waals surface area contributed by atoms with Crippen molar-refractivity contribution in [2.75, 3.05) is 0 Å². The van der Waals surface area contributed by atoms with Gasteiger partial charge in [0, 0.05) is 28.1 Å². The second-order valence-electron chi connectivity index (χ2n) is 8.54. The lowest BCUT2D eigenvalue weighted by Crippen LogP contribution is -2.10. The number of para-hydroxylation sites is 1. The van der Waals surface area contributed by atoms with Crippen molar-refractivity contribution in [1.29, 1.82) is 0 Å². The standard InChI is InChI=1S/C26H23N3O/c1-5-29-22-9-7-6-8-20(22)21-16-18(12-15-23(21)29)25-28-27-24(30-25)17-10-13-19(14-11-17)26(2,3)4/h5-16H,1H2,2-4H3. The second kappa shape index (κ2) is 6.70. The van der Waals surface area contributed by atoms with Gasteiger partial charge in [-0.2, -0.15) is 0 Å². The molecule has 0 spiro atoms. The van der Waals surface area contributed by atoms with E-state index in [-0.39, 0.29) is 5.41 Å². The highest BCUT2D eigenvalue weighted by Crippen LogP contribution is 2.33. The van der Waals surface area contributed by atoms with Gasteiger partial charge in [0.2, 0.25) is 11.8 Å². The Morgan fingerprint density at radius 2 is 1.43 bits per heavy atom. The summed E-state index contributed by atoms with van der Waals surface area (Å²) in [7, 11) is 0. The monoisotopic (exact) mass is 393 g/mol. The minimum absolute atomic E-state index is 0.110. The van der Waals surface area contributed by atoms with E-state index in [0.717, 1.165) is 27.5 Å².